The van der Waals surface area contributed by atoms with Gasteiger partial charge in [0.25, 0.3) is 0 Å². The summed E-state index contributed by atoms with van der Waals surface area (Å²) in [7, 11) is 0. The standard InChI is InChI=1S/C13H15NO2/c1-10-3-2-4-13(12(10)9-14)16-11-5-7-15-8-6-11/h2-4,11H,5-8H2,1H3. The largest absolute Gasteiger partial charge is 0.489 e. The van der Waals surface area contributed by atoms with Crippen LogP contribution in [0.4, 0.5) is 0 Å². The highest BCUT2D eigenvalue weighted by Gasteiger charge is 2.17. The Balaban J connectivity index is 2.14. The van der Waals surface area contributed by atoms with Crippen molar-refractivity contribution < 1.29 is 9.47 Å². The Labute approximate surface area is 95.6 Å². The molecule has 1 aliphatic rings. The minimum Gasteiger partial charge on any atom is -0.489 e. The molecule has 0 atom stereocenters. The first-order chi connectivity index (χ1) is 7.81. The third kappa shape index (κ3) is 2.34. The van der Waals surface area contributed by atoms with Gasteiger partial charge in [0.1, 0.15) is 17.9 Å². The van der Waals surface area contributed by atoms with Crippen LogP contribution in [0.25, 0.3) is 0 Å². The lowest BCUT2D eigenvalue weighted by atomic mass is 10.1. The SMILES string of the molecule is Cc1cccc(OC2CCOCC2)c1C#N. The van der Waals surface area contributed by atoms with Gasteiger partial charge in [-0.3, -0.25) is 0 Å². The predicted molar refractivity (Wildman–Crippen MR) is 60.4 cm³/mol. The molecule has 0 amide bonds. The van der Waals surface area contributed by atoms with E-state index in [1.165, 1.54) is 0 Å². The van der Waals surface area contributed by atoms with Crippen molar-refractivity contribution in [2.75, 3.05) is 13.2 Å². The van der Waals surface area contributed by atoms with Crippen LogP contribution in [0.1, 0.15) is 24.0 Å². The van der Waals surface area contributed by atoms with Crippen LogP contribution in [0, 0.1) is 18.3 Å². The molecule has 0 bridgehead atoms. The van der Waals surface area contributed by atoms with Crippen LogP contribution in [0.15, 0.2) is 18.2 Å². The molecule has 1 aliphatic heterocycles. The Hall–Kier alpha value is -1.53. The van der Waals surface area contributed by atoms with Gasteiger partial charge in [-0.1, -0.05) is 12.1 Å². The summed E-state index contributed by atoms with van der Waals surface area (Å²) in [5, 5.41) is 9.07. The molecular formula is C13H15NO2. The molecule has 0 N–H and O–H groups in total. The molecule has 1 heterocycles. The fourth-order valence-corrected chi connectivity index (χ4v) is 1.86. The summed E-state index contributed by atoms with van der Waals surface area (Å²) in [6.45, 7) is 3.42. The lowest BCUT2D eigenvalue weighted by Gasteiger charge is -2.24. The molecule has 0 radical (unpaired) electrons. The molecule has 3 heteroatoms. The van der Waals surface area contributed by atoms with Crippen LogP contribution in [0.5, 0.6) is 5.75 Å². The van der Waals surface area contributed by atoms with E-state index < -0.39 is 0 Å². The normalized spacial score (nSPS) is 16.8. The molecule has 0 unspecified atom stereocenters. The van der Waals surface area contributed by atoms with Gasteiger partial charge < -0.3 is 9.47 Å². The summed E-state index contributed by atoms with van der Waals surface area (Å²) in [6.07, 6.45) is 1.99. The van der Waals surface area contributed by atoms with Crippen LogP contribution < -0.4 is 4.74 Å². The third-order valence-corrected chi connectivity index (χ3v) is 2.81. The molecule has 1 aromatic rings. The number of hydrogen-bond acceptors (Lipinski definition) is 3. The van der Waals surface area contributed by atoms with E-state index in [0.717, 1.165) is 31.6 Å². The Bertz CT molecular complexity index is 403. The van der Waals surface area contributed by atoms with E-state index >= 15 is 0 Å². The summed E-state index contributed by atoms with van der Waals surface area (Å²) < 4.78 is 11.1. The maximum atomic E-state index is 9.07. The van der Waals surface area contributed by atoms with E-state index in [0.29, 0.717) is 11.3 Å². The highest BCUT2D eigenvalue weighted by molar-refractivity contribution is 5.48. The summed E-state index contributed by atoms with van der Waals surface area (Å²) in [5.74, 6) is 0.703. The second kappa shape index (κ2) is 5.00. The number of aryl methyl sites for hydroxylation is 1. The van der Waals surface area contributed by atoms with E-state index in [4.69, 9.17) is 14.7 Å². The van der Waals surface area contributed by atoms with E-state index in [-0.39, 0.29) is 6.10 Å². The molecule has 3 nitrogen and oxygen atoms in total. The molecule has 0 aliphatic carbocycles. The van der Waals surface area contributed by atoms with Crippen molar-refractivity contribution in [3.8, 4) is 11.8 Å². The van der Waals surface area contributed by atoms with E-state index in [1.54, 1.807) is 0 Å². The third-order valence-electron chi connectivity index (χ3n) is 2.81. The van der Waals surface area contributed by atoms with Gasteiger partial charge in [-0.2, -0.15) is 5.26 Å². The Kier molecular flexibility index (Phi) is 3.43. The monoisotopic (exact) mass is 217 g/mol. The number of nitriles is 1. The van der Waals surface area contributed by atoms with Crippen molar-refractivity contribution >= 4 is 0 Å². The van der Waals surface area contributed by atoms with Crippen molar-refractivity contribution in [3.05, 3.63) is 29.3 Å². The van der Waals surface area contributed by atoms with Crippen LogP contribution >= 0.6 is 0 Å². The molecule has 84 valence electrons. The fourth-order valence-electron chi connectivity index (χ4n) is 1.86. The van der Waals surface area contributed by atoms with Crippen molar-refractivity contribution in [2.24, 2.45) is 0 Å². The quantitative estimate of drug-likeness (QED) is 0.764. The molecule has 0 spiro atoms. The summed E-state index contributed by atoms with van der Waals surface area (Å²) in [5.41, 5.74) is 1.61. The number of nitrogens with zero attached hydrogens (tertiary/aromatic N) is 1. The molecule has 0 aromatic heterocycles. The van der Waals surface area contributed by atoms with Crippen molar-refractivity contribution in [3.63, 3.8) is 0 Å². The summed E-state index contributed by atoms with van der Waals surface area (Å²) >= 11 is 0. The van der Waals surface area contributed by atoms with Gasteiger partial charge in [0.05, 0.1) is 18.8 Å². The summed E-state index contributed by atoms with van der Waals surface area (Å²) in [6, 6.07) is 7.91. The first kappa shape index (κ1) is 11.0. The molecule has 16 heavy (non-hydrogen) atoms. The summed E-state index contributed by atoms with van der Waals surface area (Å²) in [4.78, 5) is 0. The van der Waals surface area contributed by atoms with Gasteiger partial charge in [0.2, 0.25) is 0 Å². The zero-order chi connectivity index (χ0) is 11.4. The fraction of sp³-hybridized carbons (Fsp3) is 0.462. The number of ether oxygens (including phenoxy) is 2. The van der Waals surface area contributed by atoms with Crippen molar-refractivity contribution in [1.82, 2.24) is 0 Å². The average molecular weight is 217 g/mol. The van der Waals surface area contributed by atoms with Gasteiger partial charge in [0.15, 0.2) is 0 Å². The van der Waals surface area contributed by atoms with Gasteiger partial charge >= 0.3 is 0 Å². The van der Waals surface area contributed by atoms with Crippen LogP contribution in [0.2, 0.25) is 0 Å². The maximum absolute atomic E-state index is 9.07. The van der Waals surface area contributed by atoms with Crippen molar-refractivity contribution in [2.45, 2.75) is 25.9 Å². The second-order valence-electron chi connectivity index (χ2n) is 3.99. The zero-order valence-electron chi connectivity index (χ0n) is 9.40. The number of rotatable bonds is 2. The first-order valence-electron chi connectivity index (χ1n) is 5.55. The maximum Gasteiger partial charge on any atom is 0.137 e. The molecule has 1 fully saturated rings. The van der Waals surface area contributed by atoms with Crippen LogP contribution in [-0.4, -0.2) is 19.3 Å². The smallest absolute Gasteiger partial charge is 0.137 e. The van der Waals surface area contributed by atoms with Crippen molar-refractivity contribution in [1.29, 1.82) is 5.26 Å². The zero-order valence-corrected chi connectivity index (χ0v) is 9.40. The lowest BCUT2D eigenvalue weighted by Crippen LogP contribution is -2.26. The van der Waals surface area contributed by atoms with E-state index in [1.807, 2.05) is 25.1 Å². The highest BCUT2D eigenvalue weighted by atomic mass is 16.5. The lowest BCUT2D eigenvalue weighted by molar-refractivity contribution is 0.0254. The predicted octanol–water partition coefficient (Wildman–Crippen LogP) is 2.42. The molecule has 1 saturated heterocycles. The Morgan fingerprint density at radius 2 is 2.12 bits per heavy atom. The Morgan fingerprint density at radius 3 is 2.81 bits per heavy atom. The molecular weight excluding hydrogens is 202 g/mol. The van der Waals surface area contributed by atoms with Gasteiger partial charge in [-0.15, -0.1) is 0 Å². The van der Waals surface area contributed by atoms with Gasteiger partial charge in [-0.05, 0) is 18.6 Å². The van der Waals surface area contributed by atoms with Gasteiger partial charge in [-0.25, -0.2) is 0 Å². The van der Waals surface area contributed by atoms with Crippen LogP contribution in [0.3, 0.4) is 0 Å². The molecule has 0 saturated carbocycles. The topological polar surface area (TPSA) is 42.2 Å². The number of benzene rings is 1. The minimum atomic E-state index is 0.183. The van der Waals surface area contributed by atoms with E-state index in [9.17, 15) is 0 Å². The van der Waals surface area contributed by atoms with Gasteiger partial charge in [0, 0.05) is 12.8 Å². The highest BCUT2D eigenvalue weighted by Crippen LogP contribution is 2.24. The Morgan fingerprint density at radius 1 is 1.38 bits per heavy atom. The average Bonchev–Trinajstić information content (AvgIpc) is 2.31. The molecule has 2 rings (SSSR count). The second-order valence-corrected chi connectivity index (χ2v) is 3.99. The van der Waals surface area contributed by atoms with Crippen LogP contribution in [-0.2, 0) is 4.74 Å². The number of hydrogen-bond donors (Lipinski definition) is 0. The first-order valence-corrected chi connectivity index (χ1v) is 5.55. The molecule has 1 aromatic carbocycles. The minimum absolute atomic E-state index is 0.183. The van der Waals surface area contributed by atoms with E-state index in [2.05, 4.69) is 6.07 Å².